The highest BCUT2D eigenvalue weighted by Crippen LogP contribution is 2.31. The van der Waals surface area contributed by atoms with Gasteiger partial charge >= 0.3 is 0 Å². The number of sulfonamides is 1. The van der Waals surface area contributed by atoms with Crippen LogP contribution in [0.1, 0.15) is 51.6 Å². The molecule has 3 rings (SSSR count). The molecule has 0 spiro atoms. The summed E-state index contributed by atoms with van der Waals surface area (Å²) in [5.41, 5.74) is 0.821. The summed E-state index contributed by atoms with van der Waals surface area (Å²) in [6.45, 7) is 6.86. The van der Waals surface area contributed by atoms with Gasteiger partial charge in [-0.05, 0) is 66.6 Å². The Kier molecular flexibility index (Phi) is 7.80. The number of ether oxygens (including phenoxy) is 1. The number of methoxy groups -OCH3 is 1. The van der Waals surface area contributed by atoms with Crippen LogP contribution in [0.15, 0.2) is 53.4 Å². The number of nitrogens with one attached hydrogen (secondary N) is 1. The maximum absolute atomic E-state index is 13.4. The van der Waals surface area contributed by atoms with Crippen molar-refractivity contribution < 1.29 is 22.3 Å². The number of hydrogen-bond donors (Lipinski definition) is 1. The van der Waals surface area contributed by atoms with E-state index in [1.807, 2.05) is 0 Å². The van der Waals surface area contributed by atoms with Crippen molar-refractivity contribution in [2.75, 3.05) is 20.2 Å². The minimum absolute atomic E-state index is 0.0395. The molecule has 1 amide bonds. The first kappa shape index (κ1) is 25.2. The summed E-state index contributed by atoms with van der Waals surface area (Å²) in [6, 6.07) is 12.3. The Morgan fingerprint density at radius 2 is 1.67 bits per heavy atom. The second-order valence-electron chi connectivity index (χ2n) is 9.73. The third-order valence-corrected chi connectivity index (χ3v) is 7.84. The Bertz CT molecular complexity index is 1040. The van der Waals surface area contributed by atoms with Gasteiger partial charge in [0, 0.05) is 19.0 Å². The smallest absolute Gasteiger partial charge is 0.243 e. The zero-order valence-electron chi connectivity index (χ0n) is 19.7. The number of hydrogen-bond acceptors (Lipinski definition) is 4. The van der Waals surface area contributed by atoms with Crippen molar-refractivity contribution in [1.29, 1.82) is 0 Å². The van der Waals surface area contributed by atoms with Crippen LogP contribution in [0, 0.1) is 17.2 Å². The zero-order chi connectivity index (χ0) is 24.2. The van der Waals surface area contributed by atoms with E-state index in [4.69, 9.17) is 4.74 Å². The van der Waals surface area contributed by atoms with E-state index >= 15 is 0 Å². The summed E-state index contributed by atoms with van der Waals surface area (Å²) in [7, 11) is -2.09. The molecule has 2 aromatic rings. The van der Waals surface area contributed by atoms with Gasteiger partial charge in [0.15, 0.2) is 0 Å². The van der Waals surface area contributed by atoms with E-state index in [0.717, 1.165) is 5.56 Å². The van der Waals surface area contributed by atoms with Gasteiger partial charge in [-0.2, -0.15) is 4.31 Å². The Morgan fingerprint density at radius 1 is 1.09 bits per heavy atom. The maximum Gasteiger partial charge on any atom is 0.243 e. The molecule has 0 saturated carbocycles. The molecule has 6 nitrogen and oxygen atoms in total. The largest absolute Gasteiger partial charge is 0.497 e. The molecule has 1 saturated heterocycles. The second kappa shape index (κ2) is 10.2. The van der Waals surface area contributed by atoms with Crippen LogP contribution in [0.25, 0.3) is 0 Å². The van der Waals surface area contributed by atoms with Gasteiger partial charge in [0.1, 0.15) is 11.6 Å². The lowest BCUT2D eigenvalue weighted by molar-refractivity contribution is -0.127. The first-order chi connectivity index (χ1) is 15.5. The highest BCUT2D eigenvalue weighted by molar-refractivity contribution is 7.89. The highest BCUT2D eigenvalue weighted by Gasteiger charge is 2.33. The van der Waals surface area contributed by atoms with E-state index in [0.29, 0.717) is 25.0 Å². The van der Waals surface area contributed by atoms with Crippen LogP contribution in [0.3, 0.4) is 0 Å². The monoisotopic (exact) mass is 476 g/mol. The maximum atomic E-state index is 13.4. The molecular weight excluding hydrogens is 443 g/mol. The van der Waals surface area contributed by atoms with E-state index in [2.05, 4.69) is 26.1 Å². The van der Waals surface area contributed by atoms with Crippen molar-refractivity contribution >= 4 is 15.9 Å². The number of carbonyl (C=O) groups is 1. The van der Waals surface area contributed by atoms with Gasteiger partial charge in [-0.1, -0.05) is 32.9 Å². The Labute approximate surface area is 196 Å². The van der Waals surface area contributed by atoms with Crippen LogP contribution in [0.4, 0.5) is 4.39 Å². The lowest BCUT2D eigenvalue weighted by Crippen LogP contribution is -2.44. The molecule has 1 unspecified atom stereocenters. The van der Waals surface area contributed by atoms with Crippen molar-refractivity contribution in [2.45, 2.75) is 51.0 Å². The zero-order valence-corrected chi connectivity index (χ0v) is 20.5. The molecule has 0 bridgehead atoms. The van der Waals surface area contributed by atoms with Gasteiger partial charge in [0.25, 0.3) is 0 Å². The third-order valence-electron chi connectivity index (χ3n) is 5.93. The Hall–Kier alpha value is -2.45. The van der Waals surface area contributed by atoms with Crippen molar-refractivity contribution in [1.82, 2.24) is 9.62 Å². The molecule has 0 radical (unpaired) electrons. The number of rotatable bonds is 7. The predicted octanol–water partition coefficient (Wildman–Crippen LogP) is 4.53. The molecular formula is C25H33FN2O4S. The summed E-state index contributed by atoms with van der Waals surface area (Å²) < 4.78 is 45.8. The fourth-order valence-electron chi connectivity index (χ4n) is 4.10. The quantitative estimate of drug-likeness (QED) is 0.637. The lowest BCUT2D eigenvalue weighted by atomic mass is 9.85. The number of carbonyl (C=O) groups excluding carboxylic acids is 1. The lowest BCUT2D eigenvalue weighted by Gasteiger charge is -2.33. The third kappa shape index (κ3) is 6.54. The topological polar surface area (TPSA) is 75.7 Å². The molecule has 0 aliphatic carbocycles. The van der Waals surface area contributed by atoms with E-state index in [-0.39, 0.29) is 47.1 Å². The second-order valence-corrected chi connectivity index (χ2v) is 11.7. The van der Waals surface area contributed by atoms with Gasteiger partial charge in [0.2, 0.25) is 15.9 Å². The van der Waals surface area contributed by atoms with Crippen LogP contribution in [-0.2, 0) is 14.8 Å². The van der Waals surface area contributed by atoms with Crippen LogP contribution >= 0.6 is 0 Å². The normalized spacial score (nSPS) is 16.9. The summed E-state index contributed by atoms with van der Waals surface area (Å²) in [4.78, 5) is 13.3. The van der Waals surface area contributed by atoms with E-state index in [1.165, 1.54) is 35.7 Å². The number of nitrogens with zero attached hydrogens (tertiary/aromatic N) is 1. The van der Waals surface area contributed by atoms with Gasteiger partial charge in [-0.25, -0.2) is 12.8 Å². The van der Waals surface area contributed by atoms with E-state index < -0.39 is 10.0 Å². The predicted molar refractivity (Wildman–Crippen MR) is 126 cm³/mol. The van der Waals surface area contributed by atoms with Gasteiger partial charge < -0.3 is 10.1 Å². The van der Waals surface area contributed by atoms with Crippen molar-refractivity contribution in [3.8, 4) is 5.75 Å². The molecule has 33 heavy (non-hydrogen) atoms. The fourth-order valence-corrected chi connectivity index (χ4v) is 5.57. The number of piperidine rings is 1. The molecule has 8 heteroatoms. The molecule has 1 heterocycles. The molecule has 1 N–H and O–H groups in total. The summed E-state index contributed by atoms with van der Waals surface area (Å²) >= 11 is 0. The average Bonchev–Trinajstić information content (AvgIpc) is 2.78. The molecule has 0 aromatic heterocycles. The summed E-state index contributed by atoms with van der Waals surface area (Å²) in [5.74, 6) is -0.0781. The Balaban J connectivity index is 1.65. The molecule has 1 aliphatic heterocycles. The van der Waals surface area contributed by atoms with Crippen molar-refractivity contribution in [2.24, 2.45) is 11.3 Å². The molecule has 1 aliphatic rings. The van der Waals surface area contributed by atoms with Gasteiger partial charge in [0.05, 0.1) is 18.0 Å². The summed E-state index contributed by atoms with van der Waals surface area (Å²) in [5, 5.41) is 3.13. The molecule has 2 aromatic carbocycles. The number of halogens is 1. The highest BCUT2D eigenvalue weighted by atomic mass is 32.2. The molecule has 1 atom stereocenters. The minimum atomic E-state index is -3.62. The molecule has 1 fully saturated rings. The van der Waals surface area contributed by atoms with Crippen LogP contribution in [0.5, 0.6) is 5.75 Å². The van der Waals surface area contributed by atoms with Crippen LogP contribution in [-0.4, -0.2) is 38.8 Å². The van der Waals surface area contributed by atoms with Gasteiger partial charge in [-0.3, -0.25) is 4.79 Å². The van der Waals surface area contributed by atoms with Crippen molar-refractivity contribution in [3.05, 3.63) is 59.9 Å². The minimum Gasteiger partial charge on any atom is -0.497 e. The van der Waals surface area contributed by atoms with Crippen molar-refractivity contribution in [3.63, 3.8) is 0 Å². The first-order valence-electron chi connectivity index (χ1n) is 11.2. The van der Waals surface area contributed by atoms with E-state index in [1.54, 1.807) is 24.3 Å². The fraction of sp³-hybridized carbons (Fsp3) is 0.480. The average molecular weight is 477 g/mol. The summed E-state index contributed by atoms with van der Waals surface area (Å²) in [6.07, 6.45) is 1.61. The standard InChI is InChI=1S/C25H33FN2O4S/c1-25(2,3)17-23(18-5-7-20(26)8-6-18)27-24(29)19-13-15-28(16-14-19)33(30,31)22-11-9-21(32-4)10-12-22/h5-12,19,23H,13-17H2,1-4H3,(H,27,29). The number of amides is 1. The van der Waals surface area contributed by atoms with Gasteiger partial charge in [-0.15, -0.1) is 0 Å². The van der Waals surface area contributed by atoms with Crippen LogP contribution < -0.4 is 10.1 Å². The number of benzene rings is 2. The molecule has 180 valence electrons. The van der Waals surface area contributed by atoms with Crippen LogP contribution in [0.2, 0.25) is 0 Å². The SMILES string of the molecule is COc1ccc(S(=O)(=O)N2CCC(C(=O)NC(CC(C)(C)C)c3ccc(F)cc3)CC2)cc1. The first-order valence-corrected chi connectivity index (χ1v) is 12.6. The van der Waals surface area contributed by atoms with E-state index in [9.17, 15) is 17.6 Å². The Morgan fingerprint density at radius 3 is 2.18 bits per heavy atom.